The quantitative estimate of drug-likeness (QED) is 0.538. The summed E-state index contributed by atoms with van der Waals surface area (Å²) in [4.78, 5) is 14.5. The minimum absolute atomic E-state index is 0.135. The van der Waals surface area contributed by atoms with Gasteiger partial charge in [-0.2, -0.15) is 0 Å². The molecule has 2 aromatic rings. The average Bonchev–Trinajstić information content (AvgIpc) is 2.70. The number of rotatable bonds is 10. The monoisotopic (exact) mass is 353 g/mol. The van der Waals surface area contributed by atoms with Gasteiger partial charge < -0.3 is 4.74 Å². The highest BCUT2D eigenvalue weighted by molar-refractivity contribution is 5.69. The maximum Gasteiger partial charge on any atom is 0.307 e. The fourth-order valence-corrected chi connectivity index (χ4v) is 3.40. The molecule has 3 heteroatoms. The summed E-state index contributed by atoms with van der Waals surface area (Å²) >= 11 is 0. The molecule has 26 heavy (non-hydrogen) atoms. The molecule has 0 unspecified atom stereocenters. The molecule has 0 amide bonds. The molecule has 0 aliphatic rings. The predicted molar refractivity (Wildman–Crippen MR) is 107 cm³/mol. The van der Waals surface area contributed by atoms with Gasteiger partial charge in [0.05, 0.1) is 13.5 Å². The first-order valence-electron chi connectivity index (χ1n) is 9.57. The molecule has 2 atom stereocenters. The number of hydrogen-bond acceptors (Lipinski definition) is 3. The van der Waals surface area contributed by atoms with E-state index in [9.17, 15) is 4.79 Å². The molecule has 0 aliphatic carbocycles. The van der Waals surface area contributed by atoms with Gasteiger partial charge in [-0.25, -0.2) is 0 Å². The van der Waals surface area contributed by atoms with Gasteiger partial charge in [0.1, 0.15) is 0 Å². The standard InChI is InChI=1S/C23H31NO2/c1-4-5-16-22(17-23(25)26-3)24(18-20-12-8-6-9-13-20)19(2)21-14-10-7-11-15-21/h6-15,19,22H,4-5,16-18H2,1-3H3/t19-,22+/m1/s1. The Bertz CT molecular complexity index is 642. The van der Waals surface area contributed by atoms with Crippen LogP contribution in [0.3, 0.4) is 0 Å². The van der Waals surface area contributed by atoms with E-state index in [1.165, 1.54) is 18.2 Å². The van der Waals surface area contributed by atoms with Gasteiger partial charge in [-0.05, 0) is 24.5 Å². The third kappa shape index (κ3) is 5.99. The fourth-order valence-electron chi connectivity index (χ4n) is 3.40. The number of unbranched alkanes of at least 4 members (excludes halogenated alkanes) is 1. The zero-order chi connectivity index (χ0) is 18.8. The van der Waals surface area contributed by atoms with Crippen molar-refractivity contribution in [3.63, 3.8) is 0 Å². The maximum absolute atomic E-state index is 12.1. The summed E-state index contributed by atoms with van der Waals surface area (Å²) in [6.45, 7) is 5.24. The van der Waals surface area contributed by atoms with Crippen molar-refractivity contribution >= 4 is 5.97 Å². The van der Waals surface area contributed by atoms with Crippen LogP contribution in [0.1, 0.15) is 56.7 Å². The van der Waals surface area contributed by atoms with Crippen molar-refractivity contribution in [1.82, 2.24) is 4.90 Å². The molecular weight excluding hydrogens is 322 g/mol. The van der Waals surface area contributed by atoms with Crippen molar-refractivity contribution in [1.29, 1.82) is 0 Å². The number of esters is 1. The highest BCUT2D eigenvalue weighted by Gasteiger charge is 2.26. The lowest BCUT2D eigenvalue weighted by molar-refractivity contribution is -0.142. The molecule has 0 aliphatic heterocycles. The molecule has 0 heterocycles. The molecule has 0 bridgehead atoms. The van der Waals surface area contributed by atoms with E-state index in [1.54, 1.807) is 0 Å². The Hall–Kier alpha value is -2.13. The number of ether oxygens (including phenoxy) is 1. The third-order valence-electron chi connectivity index (χ3n) is 4.98. The van der Waals surface area contributed by atoms with Crippen molar-refractivity contribution in [2.24, 2.45) is 0 Å². The zero-order valence-corrected chi connectivity index (χ0v) is 16.2. The lowest BCUT2D eigenvalue weighted by Crippen LogP contribution is -2.38. The van der Waals surface area contributed by atoms with Gasteiger partial charge in [0.25, 0.3) is 0 Å². The lowest BCUT2D eigenvalue weighted by Gasteiger charge is -2.36. The van der Waals surface area contributed by atoms with E-state index in [-0.39, 0.29) is 18.1 Å². The van der Waals surface area contributed by atoms with Crippen LogP contribution < -0.4 is 0 Å². The van der Waals surface area contributed by atoms with E-state index in [2.05, 4.69) is 67.3 Å². The van der Waals surface area contributed by atoms with Crippen LogP contribution >= 0.6 is 0 Å². The van der Waals surface area contributed by atoms with Crippen LogP contribution in [0.4, 0.5) is 0 Å². The van der Waals surface area contributed by atoms with Crippen LogP contribution in [0.2, 0.25) is 0 Å². The Morgan fingerprint density at radius 2 is 1.65 bits per heavy atom. The van der Waals surface area contributed by atoms with Gasteiger partial charge in [0, 0.05) is 18.6 Å². The van der Waals surface area contributed by atoms with Crippen molar-refractivity contribution < 1.29 is 9.53 Å². The van der Waals surface area contributed by atoms with Gasteiger partial charge in [0.2, 0.25) is 0 Å². The first-order chi connectivity index (χ1) is 12.7. The molecule has 140 valence electrons. The molecule has 0 fully saturated rings. The molecule has 0 radical (unpaired) electrons. The van der Waals surface area contributed by atoms with Crippen LogP contribution in [-0.4, -0.2) is 24.0 Å². The van der Waals surface area contributed by atoms with Crippen molar-refractivity contribution in [3.8, 4) is 0 Å². The SMILES string of the molecule is CCCC[C@@H](CC(=O)OC)N(Cc1ccccc1)[C@H](C)c1ccccc1. The van der Waals surface area contributed by atoms with Crippen molar-refractivity contribution in [2.45, 2.75) is 58.2 Å². The normalized spacial score (nSPS) is 13.4. The van der Waals surface area contributed by atoms with Crippen molar-refractivity contribution in [2.75, 3.05) is 7.11 Å². The third-order valence-corrected chi connectivity index (χ3v) is 4.98. The van der Waals surface area contributed by atoms with E-state index in [4.69, 9.17) is 4.74 Å². The smallest absolute Gasteiger partial charge is 0.307 e. The van der Waals surface area contributed by atoms with E-state index in [0.717, 1.165) is 25.8 Å². The van der Waals surface area contributed by atoms with Crippen LogP contribution in [0, 0.1) is 0 Å². The highest BCUT2D eigenvalue weighted by atomic mass is 16.5. The number of hydrogen-bond donors (Lipinski definition) is 0. The lowest BCUT2D eigenvalue weighted by atomic mass is 9.98. The molecule has 0 saturated carbocycles. The topological polar surface area (TPSA) is 29.5 Å². The zero-order valence-electron chi connectivity index (χ0n) is 16.2. The van der Waals surface area contributed by atoms with E-state index >= 15 is 0 Å². The van der Waals surface area contributed by atoms with Gasteiger partial charge >= 0.3 is 5.97 Å². The summed E-state index contributed by atoms with van der Waals surface area (Å²) in [6, 6.07) is 21.4. The Kier molecular flexibility index (Phi) is 8.36. The van der Waals surface area contributed by atoms with Gasteiger partial charge in [0.15, 0.2) is 0 Å². The number of benzene rings is 2. The Morgan fingerprint density at radius 1 is 1.04 bits per heavy atom. The Balaban J connectivity index is 2.30. The van der Waals surface area contributed by atoms with E-state index in [1.807, 2.05) is 12.1 Å². The van der Waals surface area contributed by atoms with Crippen LogP contribution in [0.15, 0.2) is 60.7 Å². The summed E-state index contributed by atoms with van der Waals surface area (Å²) in [5.74, 6) is -0.135. The second-order valence-electron chi connectivity index (χ2n) is 6.82. The first-order valence-corrected chi connectivity index (χ1v) is 9.57. The molecule has 0 spiro atoms. The highest BCUT2D eigenvalue weighted by Crippen LogP contribution is 2.28. The number of carbonyl (C=O) groups excluding carboxylic acids is 1. The summed E-state index contributed by atoms with van der Waals surface area (Å²) < 4.78 is 4.98. The van der Waals surface area contributed by atoms with Crippen LogP contribution in [-0.2, 0) is 16.1 Å². The van der Waals surface area contributed by atoms with Gasteiger partial charge in [-0.15, -0.1) is 0 Å². The molecule has 0 aromatic heterocycles. The fraction of sp³-hybridized carbons (Fsp3) is 0.435. The first kappa shape index (κ1) is 20.2. The summed E-state index contributed by atoms with van der Waals surface area (Å²) in [7, 11) is 1.47. The van der Waals surface area contributed by atoms with E-state index in [0.29, 0.717) is 6.42 Å². The predicted octanol–water partition coefficient (Wildman–Crippen LogP) is 5.37. The van der Waals surface area contributed by atoms with Crippen LogP contribution in [0.25, 0.3) is 0 Å². The van der Waals surface area contributed by atoms with E-state index < -0.39 is 0 Å². The maximum atomic E-state index is 12.1. The number of carbonyl (C=O) groups is 1. The van der Waals surface area contributed by atoms with Crippen LogP contribution in [0.5, 0.6) is 0 Å². The molecule has 0 saturated heterocycles. The summed E-state index contributed by atoms with van der Waals surface area (Å²) in [5, 5.41) is 0. The minimum Gasteiger partial charge on any atom is -0.469 e. The molecule has 2 rings (SSSR count). The number of nitrogens with zero attached hydrogens (tertiary/aromatic N) is 1. The van der Waals surface area contributed by atoms with Gasteiger partial charge in [-0.1, -0.05) is 80.4 Å². The molecule has 2 aromatic carbocycles. The van der Waals surface area contributed by atoms with Gasteiger partial charge in [-0.3, -0.25) is 9.69 Å². The second kappa shape index (κ2) is 10.8. The Labute approximate surface area is 158 Å². The molecule has 0 N–H and O–H groups in total. The summed E-state index contributed by atoms with van der Waals surface area (Å²) in [6.07, 6.45) is 3.65. The Morgan fingerprint density at radius 3 is 2.23 bits per heavy atom. The van der Waals surface area contributed by atoms with Crippen molar-refractivity contribution in [3.05, 3.63) is 71.8 Å². The summed E-state index contributed by atoms with van der Waals surface area (Å²) in [5.41, 5.74) is 2.54. The number of methoxy groups -OCH3 is 1. The second-order valence-corrected chi connectivity index (χ2v) is 6.82. The minimum atomic E-state index is -0.135. The molecule has 3 nitrogen and oxygen atoms in total. The largest absolute Gasteiger partial charge is 0.469 e. The molecular formula is C23H31NO2. The average molecular weight is 354 g/mol.